The van der Waals surface area contributed by atoms with Gasteiger partial charge in [0.05, 0.1) is 18.0 Å². The largest absolute Gasteiger partial charge is 0.461 e. The highest BCUT2D eigenvalue weighted by atomic mass is 16.5. The lowest BCUT2D eigenvalue weighted by atomic mass is 10.1. The van der Waals surface area contributed by atoms with Crippen LogP contribution >= 0.6 is 0 Å². The Morgan fingerprint density at radius 2 is 2.20 bits per heavy atom. The van der Waals surface area contributed by atoms with E-state index < -0.39 is 5.97 Å². The Morgan fingerprint density at radius 1 is 1.47 bits per heavy atom. The zero-order chi connectivity index (χ0) is 10.8. The summed E-state index contributed by atoms with van der Waals surface area (Å²) in [6.07, 6.45) is 0. The number of fused-ring (bicyclic) bond motifs is 1. The van der Waals surface area contributed by atoms with Crippen molar-refractivity contribution in [2.75, 3.05) is 6.61 Å². The summed E-state index contributed by atoms with van der Waals surface area (Å²) < 4.78 is 4.82. The van der Waals surface area contributed by atoms with Crippen LogP contribution in [0.4, 0.5) is 5.69 Å². The molecule has 0 bridgehead atoms. The van der Waals surface area contributed by atoms with Gasteiger partial charge < -0.3 is 4.74 Å². The quantitative estimate of drug-likeness (QED) is 0.742. The highest BCUT2D eigenvalue weighted by molar-refractivity contribution is 6.70. The molecule has 2 rings (SSSR count). The van der Waals surface area contributed by atoms with E-state index in [1.165, 1.54) is 0 Å². The molecule has 0 spiro atoms. The molecule has 0 aliphatic carbocycles. The van der Waals surface area contributed by atoms with E-state index in [4.69, 9.17) is 10.1 Å². The molecule has 1 N–H and O–H groups in total. The van der Waals surface area contributed by atoms with E-state index in [0.717, 1.165) is 0 Å². The Bertz CT molecular complexity index is 463. The first-order valence-corrected chi connectivity index (χ1v) is 4.68. The predicted molar refractivity (Wildman–Crippen MR) is 57.0 cm³/mol. The molecule has 0 amide bonds. The van der Waals surface area contributed by atoms with Crippen LogP contribution in [0.5, 0.6) is 0 Å². The lowest BCUT2D eigenvalue weighted by Crippen LogP contribution is -2.23. The first kappa shape index (κ1) is 9.58. The molecule has 1 heterocycles. The number of hydrogen-bond donors (Lipinski definition) is 1. The van der Waals surface area contributed by atoms with Crippen LogP contribution in [0.25, 0.3) is 0 Å². The van der Waals surface area contributed by atoms with Crippen molar-refractivity contribution in [1.82, 2.24) is 0 Å². The van der Waals surface area contributed by atoms with Gasteiger partial charge in [-0.15, -0.1) is 0 Å². The van der Waals surface area contributed by atoms with Gasteiger partial charge in [0.25, 0.3) is 0 Å². The highest BCUT2D eigenvalue weighted by Gasteiger charge is 2.26. The highest BCUT2D eigenvalue weighted by Crippen LogP contribution is 2.26. The molecule has 1 aliphatic heterocycles. The monoisotopic (exact) mass is 202 g/mol. The fourth-order valence-corrected chi connectivity index (χ4v) is 1.43. The van der Waals surface area contributed by atoms with Gasteiger partial charge in [0, 0.05) is 5.56 Å². The number of rotatable bonds is 2. The van der Waals surface area contributed by atoms with Crippen molar-refractivity contribution in [3.05, 3.63) is 29.8 Å². The third-order valence-corrected chi connectivity index (χ3v) is 2.11. The topological polar surface area (TPSA) is 62.5 Å². The van der Waals surface area contributed by atoms with Gasteiger partial charge in [-0.1, -0.05) is 18.2 Å². The SMILES string of the molecule is CCOC(=O)C1=Nc2ccccc2C1=N. The van der Waals surface area contributed by atoms with Crippen molar-refractivity contribution >= 4 is 23.1 Å². The minimum atomic E-state index is -0.529. The molecule has 0 aromatic heterocycles. The van der Waals surface area contributed by atoms with Gasteiger partial charge in [-0.25, -0.2) is 9.79 Å². The van der Waals surface area contributed by atoms with Crippen molar-refractivity contribution in [3.63, 3.8) is 0 Å². The lowest BCUT2D eigenvalue weighted by Gasteiger charge is -2.00. The van der Waals surface area contributed by atoms with Gasteiger partial charge in [-0.2, -0.15) is 0 Å². The molecule has 1 aromatic carbocycles. The summed E-state index contributed by atoms with van der Waals surface area (Å²) >= 11 is 0. The maximum atomic E-state index is 11.4. The molecule has 1 aliphatic rings. The second-order valence-electron chi connectivity index (χ2n) is 3.07. The number of hydrogen-bond acceptors (Lipinski definition) is 4. The second kappa shape index (κ2) is 3.65. The van der Waals surface area contributed by atoms with E-state index in [0.29, 0.717) is 17.9 Å². The molecule has 0 unspecified atom stereocenters. The van der Waals surface area contributed by atoms with Crippen molar-refractivity contribution in [1.29, 1.82) is 5.41 Å². The lowest BCUT2D eigenvalue weighted by molar-refractivity contribution is -0.134. The average Bonchev–Trinajstić information content (AvgIpc) is 2.57. The summed E-state index contributed by atoms with van der Waals surface area (Å²) in [6.45, 7) is 2.02. The van der Waals surface area contributed by atoms with E-state index in [1.807, 2.05) is 12.1 Å². The van der Waals surface area contributed by atoms with Gasteiger partial charge >= 0.3 is 5.97 Å². The Kier molecular flexibility index (Phi) is 2.33. The van der Waals surface area contributed by atoms with Crippen LogP contribution in [0.15, 0.2) is 29.3 Å². The Balaban J connectivity index is 2.35. The molecular formula is C11H10N2O2. The Hall–Kier alpha value is -1.97. The van der Waals surface area contributed by atoms with Crippen molar-refractivity contribution < 1.29 is 9.53 Å². The first-order valence-electron chi connectivity index (χ1n) is 4.68. The third-order valence-electron chi connectivity index (χ3n) is 2.11. The van der Waals surface area contributed by atoms with E-state index in [-0.39, 0.29) is 11.4 Å². The second-order valence-corrected chi connectivity index (χ2v) is 3.07. The maximum absolute atomic E-state index is 11.4. The Labute approximate surface area is 87.1 Å². The number of ether oxygens (including phenoxy) is 1. The van der Waals surface area contributed by atoms with Gasteiger partial charge in [0.2, 0.25) is 0 Å². The van der Waals surface area contributed by atoms with Crippen LogP contribution in [-0.4, -0.2) is 24.0 Å². The first-order chi connectivity index (χ1) is 7.24. The number of para-hydroxylation sites is 1. The zero-order valence-electron chi connectivity index (χ0n) is 8.28. The average molecular weight is 202 g/mol. The predicted octanol–water partition coefficient (Wildman–Crippen LogP) is 1.70. The molecule has 4 nitrogen and oxygen atoms in total. The van der Waals surface area contributed by atoms with Crippen molar-refractivity contribution in [2.45, 2.75) is 6.92 Å². The molecule has 4 heteroatoms. The number of carbonyl (C=O) groups is 1. The summed E-state index contributed by atoms with van der Waals surface area (Å²) in [5.74, 6) is -0.529. The van der Waals surface area contributed by atoms with Crippen molar-refractivity contribution in [3.8, 4) is 0 Å². The Morgan fingerprint density at radius 3 is 2.87 bits per heavy atom. The molecule has 76 valence electrons. The van der Waals surface area contributed by atoms with Crippen molar-refractivity contribution in [2.24, 2.45) is 4.99 Å². The van der Waals surface area contributed by atoms with E-state index >= 15 is 0 Å². The minimum absolute atomic E-state index is 0.0954. The summed E-state index contributed by atoms with van der Waals surface area (Å²) in [7, 11) is 0. The van der Waals surface area contributed by atoms with Gasteiger partial charge in [-0.05, 0) is 13.0 Å². The van der Waals surface area contributed by atoms with Gasteiger partial charge in [0.1, 0.15) is 0 Å². The van der Waals surface area contributed by atoms with Gasteiger partial charge in [0.15, 0.2) is 5.71 Å². The molecule has 0 saturated heterocycles. The normalized spacial score (nSPS) is 13.4. The standard InChI is InChI=1S/C11H10N2O2/c1-2-15-11(14)10-9(12)7-5-3-4-6-8(7)13-10/h3-6,12H,2H2,1H3. The summed E-state index contributed by atoms with van der Waals surface area (Å²) in [5, 5.41) is 7.77. The van der Waals surface area contributed by atoms with Crippen LogP contribution in [0, 0.1) is 5.41 Å². The summed E-state index contributed by atoms with van der Waals surface area (Å²) in [6, 6.07) is 7.18. The molecule has 1 aromatic rings. The number of esters is 1. The smallest absolute Gasteiger partial charge is 0.359 e. The van der Waals surface area contributed by atoms with Gasteiger partial charge in [-0.3, -0.25) is 5.41 Å². The molecule has 0 fully saturated rings. The van der Waals surface area contributed by atoms with E-state index in [1.54, 1.807) is 19.1 Å². The number of nitrogens with one attached hydrogen (secondary N) is 1. The number of benzene rings is 1. The number of nitrogens with zero attached hydrogens (tertiary/aromatic N) is 1. The minimum Gasteiger partial charge on any atom is -0.461 e. The summed E-state index contributed by atoms with van der Waals surface area (Å²) in [4.78, 5) is 15.5. The summed E-state index contributed by atoms with van der Waals surface area (Å²) in [5.41, 5.74) is 1.58. The fraction of sp³-hybridized carbons (Fsp3) is 0.182. The molecule has 0 atom stereocenters. The molecule has 0 saturated carbocycles. The number of aliphatic imine (C=N–C) groups is 1. The van der Waals surface area contributed by atoms with E-state index in [2.05, 4.69) is 4.99 Å². The maximum Gasteiger partial charge on any atom is 0.359 e. The number of carbonyl (C=O) groups excluding carboxylic acids is 1. The van der Waals surface area contributed by atoms with Crippen LogP contribution < -0.4 is 0 Å². The zero-order valence-corrected chi connectivity index (χ0v) is 8.28. The third kappa shape index (κ3) is 1.54. The molecule has 0 radical (unpaired) electrons. The fourth-order valence-electron chi connectivity index (χ4n) is 1.43. The van der Waals surface area contributed by atoms with Crippen LogP contribution in [0.1, 0.15) is 12.5 Å². The van der Waals surface area contributed by atoms with Crippen LogP contribution in [-0.2, 0) is 9.53 Å². The van der Waals surface area contributed by atoms with E-state index in [9.17, 15) is 4.79 Å². The van der Waals surface area contributed by atoms with Crippen LogP contribution in [0.3, 0.4) is 0 Å². The molecular weight excluding hydrogens is 192 g/mol. The van der Waals surface area contributed by atoms with Crippen LogP contribution in [0.2, 0.25) is 0 Å². The molecule has 15 heavy (non-hydrogen) atoms.